The number of thiazole rings is 1. The summed E-state index contributed by atoms with van der Waals surface area (Å²) >= 11 is 1.32. The van der Waals surface area contributed by atoms with Crippen molar-refractivity contribution in [3.8, 4) is 0 Å². The Morgan fingerprint density at radius 2 is 1.87 bits per heavy atom. The maximum Gasteiger partial charge on any atom is 0.307 e. The van der Waals surface area contributed by atoms with Gasteiger partial charge in [0.2, 0.25) is 0 Å². The van der Waals surface area contributed by atoms with E-state index in [9.17, 15) is 4.79 Å². The number of aryl methyl sites for hydroxylation is 1. The molecule has 78 valence electrons. The molecule has 0 unspecified atom stereocenters. The Bertz CT molecular complexity index is 510. The SMILES string of the molecule is Cc1sc(=O)n(Cc2ccccc2)c1C. The van der Waals surface area contributed by atoms with E-state index in [-0.39, 0.29) is 4.87 Å². The van der Waals surface area contributed by atoms with Crippen LogP contribution in [0.15, 0.2) is 35.1 Å². The van der Waals surface area contributed by atoms with Crippen LogP contribution in [-0.2, 0) is 6.54 Å². The monoisotopic (exact) mass is 219 g/mol. The van der Waals surface area contributed by atoms with Crippen molar-refractivity contribution in [2.45, 2.75) is 20.4 Å². The summed E-state index contributed by atoms with van der Waals surface area (Å²) in [6.07, 6.45) is 0. The molecule has 2 rings (SSSR count). The smallest absolute Gasteiger partial charge is 0.299 e. The Labute approximate surface area is 92.8 Å². The van der Waals surface area contributed by atoms with Gasteiger partial charge in [-0.1, -0.05) is 41.7 Å². The molecule has 0 atom stereocenters. The van der Waals surface area contributed by atoms with Crippen LogP contribution >= 0.6 is 11.3 Å². The largest absolute Gasteiger partial charge is 0.307 e. The first-order valence-electron chi connectivity index (χ1n) is 4.89. The molecule has 1 heterocycles. The molecule has 2 aromatic rings. The minimum atomic E-state index is 0.133. The van der Waals surface area contributed by atoms with Gasteiger partial charge in [0.05, 0.1) is 6.54 Å². The Kier molecular flexibility index (Phi) is 2.73. The van der Waals surface area contributed by atoms with E-state index in [0.29, 0.717) is 6.54 Å². The summed E-state index contributed by atoms with van der Waals surface area (Å²) in [6, 6.07) is 10.1. The number of hydrogen-bond donors (Lipinski definition) is 0. The number of aromatic nitrogens is 1. The van der Waals surface area contributed by atoms with E-state index in [4.69, 9.17) is 0 Å². The van der Waals surface area contributed by atoms with Crippen LogP contribution < -0.4 is 4.87 Å². The van der Waals surface area contributed by atoms with Gasteiger partial charge >= 0.3 is 4.87 Å². The first-order valence-corrected chi connectivity index (χ1v) is 5.71. The van der Waals surface area contributed by atoms with Crippen LogP contribution in [0.3, 0.4) is 0 Å². The lowest BCUT2D eigenvalue weighted by atomic mass is 10.2. The number of benzene rings is 1. The summed E-state index contributed by atoms with van der Waals surface area (Å²) < 4.78 is 1.83. The van der Waals surface area contributed by atoms with Crippen molar-refractivity contribution < 1.29 is 0 Å². The predicted octanol–water partition coefficient (Wildman–Crippen LogP) is 2.57. The fraction of sp³-hybridized carbons (Fsp3) is 0.250. The molecule has 15 heavy (non-hydrogen) atoms. The average Bonchev–Trinajstić information content (AvgIpc) is 2.47. The molecule has 0 saturated carbocycles. The van der Waals surface area contributed by atoms with Crippen molar-refractivity contribution in [3.05, 3.63) is 56.1 Å². The minimum Gasteiger partial charge on any atom is -0.299 e. The molecule has 0 radical (unpaired) electrons. The maximum atomic E-state index is 11.6. The Balaban J connectivity index is 2.37. The normalized spacial score (nSPS) is 10.5. The first kappa shape index (κ1) is 10.2. The van der Waals surface area contributed by atoms with Crippen LogP contribution in [0.25, 0.3) is 0 Å². The molecular weight excluding hydrogens is 206 g/mol. The van der Waals surface area contributed by atoms with Gasteiger partial charge in [0, 0.05) is 10.6 Å². The van der Waals surface area contributed by atoms with Gasteiger partial charge in [-0.15, -0.1) is 0 Å². The highest BCUT2D eigenvalue weighted by Gasteiger charge is 2.07. The fourth-order valence-electron chi connectivity index (χ4n) is 1.54. The molecule has 0 saturated heterocycles. The highest BCUT2D eigenvalue weighted by molar-refractivity contribution is 7.09. The zero-order valence-corrected chi connectivity index (χ0v) is 9.67. The second kappa shape index (κ2) is 4.03. The van der Waals surface area contributed by atoms with E-state index in [0.717, 1.165) is 10.6 Å². The van der Waals surface area contributed by atoms with Gasteiger partial charge in [-0.3, -0.25) is 9.36 Å². The Morgan fingerprint density at radius 1 is 1.20 bits per heavy atom. The summed E-state index contributed by atoms with van der Waals surface area (Å²) in [6.45, 7) is 4.66. The second-order valence-corrected chi connectivity index (χ2v) is 4.75. The molecule has 1 aromatic heterocycles. The van der Waals surface area contributed by atoms with E-state index in [1.54, 1.807) is 0 Å². The number of nitrogens with zero attached hydrogens (tertiary/aromatic N) is 1. The van der Waals surface area contributed by atoms with Gasteiger partial charge < -0.3 is 0 Å². The molecular formula is C12H13NOS. The van der Waals surface area contributed by atoms with Crippen LogP contribution in [0.4, 0.5) is 0 Å². The molecule has 0 aliphatic carbocycles. The van der Waals surface area contributed by atoms with Crippen molar-refractivity contribution in [2.75, 3.05) is 0 Å². The highest BCUT2D eigenvalue weighted by atomic mass is 32.1. The van der Waals surface area contributed by atoms with Crippen LogP contribution in [0, 0.1) is 13.8 Å². The lowest BCUT2D eigenvalue weighted by Gasteiger charge is -2.04. The topological polar surface area (TPSA) is 22.0 Å². The van der Waals surface area contributed by atoms with Crippen molar-refractivity contribution in [3.63, 3.8) is 0 Å². The van der Waals surface area contributed by atoms with Crippen molar-refractivity contribution in [1.29, 1.82) is 0 Å². The molecule has 0 spiro atoms. The zero-order chi connectivity index (χ0) is 10.8. The maximum absolute atomic E-state index is 11.6. The number of rotatable bonds is 2. The van der Waals surface area contributed by atoms with E-state index in [1.165, 1.54) is 16.9 Å². The first-order chi connectivity index (χ1) is 7.18. The molecule has 0 N–H and O–H groups in total. The predicted molar refractivity (Wildman–Crippen MR) is 63.6 cm³/mol. The van der Waals surface area contributed by atoms with E-state index < -0.39 is 0 Å². The summed E-state index contributed by atoms with van der Waals surface area (Å²) in [5, 5.41) is 0. The van der Waals surface area contributed by atoms with Crippen LogP contribution in [0.1, 0.15) is 16.1 Å². The molecule has 0 amide bonds. The third-order valence-electron chi connectivity index (χ3n) is 2.56. The molecule has 0 aliphatic heterocycles. The molecule has 0 fully saturated rings. The van der Waals surface area contributed by atoms with Gasteiger partial charge in [-0.05, 0) is 19.4 Å². The van der Waals surface area contributed by atoms with Crippen molar-refractivity contribution in [1.82, 2.24) is 4.57 Å². The number of hydrogen-bond acceptors (Lipinski definition) is 2. The van der Waals surface area contributed by atoms with Gasteiger partial charge in [0.25, 0.3) is 0 Å². The summed E-state index contributed by atoms with van der Waals surface area (Å²) in [5.74, 6) is 0. The second-order valence-electron chi connectivity index (χ2n) is 3.58. The third-order valence-corrected chi connectivity index (χ3v) is 3.56. The van der Waals surface area contributed by atoms with Crippen molar-refractivity contribution >= 4 is 11.3 Å². The molecule has 1 aromatic carbocycles. The Hall–Kier alpha value is -1.35. The van der Waals surface area contributed by atoms with Crippen LogP contribution in [-0.4, -0.2) is 4.57 Å². The highest BCUT2D eigenvalue weighted by Crippen LogP contribution is 2.11. The van der Waals surface area contributed by atoms with Crippen LogP contribution in [0.5, 0.6) is 0 Å². The molecule has 2 nitrogen and oxygen atoms in total. The lowest BCUT2D eigenvalue weighted by Crippen LogP contribution is -2.15. The standard InChI is InChI=1S/C12H13NOS/c1-9-10(2)15-12(14)13(9)8-11-6-4-3-5-7-11/h3-7H,8H2,1-2H3. The van der Waals surface area contributed by atoms with Gasteiger partial charge in [0.1, 0.15) is 0 Å². The quantitative estimate of drug-likeness (QED) is 0.761. The molecule has 0 bridgehead atoms. The minimum absolute atomic E-state index is 0.133. The summed E-state index contributed by atoms with van der Waals surface area (Å²) in [4.78, 5) is 12.9. The van der Waals surface area contributed by atoms with Gasteiger partial charge in [0.15, 0.2) is 0 Å². The van der Waals surface area contributed by atoms with Gasteiger partial charge in [-0.25, -0.2) is 0 Å². The summed E-state index contributed by atoms with van der Waals surface area (Å²) in [7, 11) is 0. The van der Waals surface area contributed by atoms with E-state index in [2.05, 4.69) is 0 Å². The summed E-state index contributed by atoms with van der Waals surface area (Å²) in [5.41, 5.74) is 2.24. The van der Waals surface area contributed by atoms with E-state index >= 15 is 0 Å². The van der Waals surface area contributed by atoms with E-state index in [1.807, 2.05) is 48.7 Å². The Morgan fingerprint density at radius 3 is 2.40 bits per heavy atom. The van der Waals surface area contributed by atoms with Gasteiger partial charge in [-0.2, -0.15) is 0 Å². The zero-order valence-electron chi connectivity index (χ0n) is 8.86. The lowest BCUT2D eigenvalue weighted by molar-refractivity contribution is 0.751. The third kappa shape index (κ3) is 2.02. The van der Waals surface area contributed by atoms with Crippen molar-refractivity contribution in [2.24, 2.45) is 0 Å². The molecule has 0 aliphatic rings. The molecule has 3 heteroatoms. The van der Waals surface area contributed by atoms with Crippen LogP contribution in [0.2, 0.25) is 0 Å². The fourth-order valence-corrected chi connectivity index (χ4v) is 2.37. The average molecular weight is 219 g/mol.